The second-order valence-corrected chi connectivity index (χ2v) is 1.02. The van der Waals surface area contributed by atoms with Crippen LogP contribution in [0.3, 0.4) is 0 Å². The zero-order valence-corrected chi connectivity index (χ0v) is 6.08. The predicted molar refractivity (Wildman–Crippen MR) is 35.8 cm³/mol. The molecule has 0 bridgehead atoms. The number of aliphatic carboxylic acids is 1. The Morgan fingerprint density at radius 3 is 1.20 bits per heavy atom. The fourth-order valence-corrected chi connectivity index (χ4v) is 0. The molecule has 68 valence electrons. The summed E-state index contributed by atoms with van der Waals surface area (Å²) in [5.74, 6) is -0.833. The van der Waals surface area contributed by atoms with Crippen LogP contribution in [0.25, 0.3) is 0 Å². The molecule has 0 saturated heterocycles. The molecule has 0 fully saturated rings. The molecule has 0 amide bonds. The van der Waals surface area contributed by atoms with Crippen LogP contribution in [0.1, 0.15) is 6.92 Å². The van der Waals surface area contributed by atoms with Gasteiger partial charge in [0.25, 0.3) is 5.97 Å². The molecule has 0 saturated carbocycles. The Balaban J connectivity index is -0.0000000131. The Kier molecular flexibility index (Phi) is 145. The van der Waals surface area contributed by atoms with E-state index in [1.807, 2.05) is 14.1 Å². The lowest BCUT2D eigenvalue weighted by atomic mass is 10.9. The van der Waals surface area contributed by atoms with E-state index in [4.69, 9.17) is 9.90 Å². The zero-order valence-electron chi connectivity index (χ0n) is 6.08. The van der Waals surface area contributed by atoms with Gasteiger partial charge in [0.15, 0.2) is 0 Å². The van der Waals surface area contributed by atoms with E-state index in [2.05, 4.69) is 5.32 Å². The van der Waals surface area contributed by atoms with Crippen molar-refractivity contribution in [3.05, 3.63) is 0 Å². The van der Waals surface area contributed by atoms with Gasteiger partial charge in [0.2, 0.25) is 0 Å². The number of halogens is 3. The molecule has 0 aliphatic rings. The summed E-state index contributed by atoms with van der Waals surface area (Å²) in [6, 6.07) is 0. The highest BCUT2D eigenvalue weighted by atomic mass is 19.0. The minimum absolute atomic E-state index is 0. The number of carboxylic acid groups (broad SMARTS) is 1. The molecule has 0 unspecified atom stereocenters. The van der Waals surface area contributed by atoms with Crippen molar-refractivity contribution in [2.75, 3.05) is 14.1 Å². The summed E-state index contributed by atoms with van der Waals surface area (Å²) in [5.41, 5.74) is 0. The van der Waals surface area contributed by atoms with Gasteiger partial charge in [-0.1, -0.05) is 0 Å². The smallest absolute Gasteiger partial charge is 0.300 e. The van der Waals surface area contributed by atoms with Crippen molar-refractivity contribution in [2.24, 2.45) is 0 Å². The van der Waals surface area contributed by atoms with Gasteiger partial charge in [-0.15, -0.1) is 0 Å². The highest BCUT2D eigenvalue weighted by molar-refractivity contribution is 5.62. The fourth-order valence-electron chi connectivity index (χ4n) is 0. The highest BCUT2D eigenvalue weighted by Crippen LogP contribution is 1.42. The molecular weight excluding hydrogens is 151 g/mol. The molecule has 0 aliphatic carbocycles. The van der Waals surface area contributed by atoms with Gasteiger partial charge in [0.05, 0.1) is 0 Å². The van der Waals surface area contributed by atoms with E-state index in [1.54, 1.807) is 0 Å². The van der Waals surface area contributed by atoms with E-state index in [0.717, 1.165) is 6.92 Å². The average Bonchev–Trinajstić information content (AvgIpc) is 1.33. The zero-order chi connectivity index (χ0) is 6.28. The summed E-state index contributed by atoms with van der Waals surface area (Å²) in [7, 11) is 3.75. The Morgan fingerprint density at radius 2 is 1.20 bits per heavy atom. The lowest BCUT2D eigenvalue weighted by Gasteiger charge is -1.59. The molecule has 0 aromatic rings. The lowest BCUT2D eigenvalue weighted by Crippen LogP contribution is -1.89. The van der Waals surface area contributed by atoms with Crippen LogP contribution in [0.2, 0.25) is 0 Å². The third kappa shape index (κ3) is 459. The van der Waals surface area contributed by atoms with Crippen molar-refractivity contribution >= 4 is 5.97 Å². The largest absolute Gasteiger partial charge is 0.481 e. The standard InChI is InChI=1S/C2H7N.C2H4O2.3FH/c1-3-2;1-2(3)4;;;/h3H,1-2H3;1H3,(H,3,4);3*1H. The van der Waals surface area contributed by atoms with E-state index in [1.165, 1.54) is 0 Å². The molecule has 0 heterocycles. The first-order valence-electron chi connectivity index (χ1n) is 1.93. The van der Waals surface area contributed by atoms with E-state index in [0.29, 0.717) is 0 Å². The number of carbonyl (C=O) groups is 1. The Morgan fingerprint density at radius 1 is 1.20 bits per heavy atom. The second-order valence-electron chi connectivity index (χ2n) is 1.02. The molecule has 6 heteroatoms. The van der Waals surface area contributed by atoms with E-state index in [9.17, 15) is 0 Å². The van der Waals surface area contributed by atoms with Crippen LogP contribution in [0.4, 0.5) is 14.1 Å². The number of nitrogens with one attached hydrogen (secondary N) is 1. The summed E-state index contributed by atoms with van der Waals surface area (Å²) in [5, 5.41) is 10.2. The van der Waals surface area contributed by atoms with Gasteiger partial charge < -0.3 is 10.4 Å². The first-order valence-corrected chi connectivity index (χ1v) is 1.93. The molecule has 0 spiro atoms. The molecule has 0 aliphatic heterocycles. The van der Waals surface area contributed by atoms with Crippen LogP contribution in [0, 0.1) is 0 Å². The van der Waals surface area contributed by atoms with Gasteiger partial charge in [-0.05, 0) is 14.1 Å². The molecule has 0 aromatic heterocycles. The summed E-state index contributed by atoms with van der Waals surface area (Å²) >= 11 is 0. The molecule has 10 heavy (non-hydrogen) atoms. The van der Waals surface area contributed by atoms with Gasteiger partial charge in [0, 0.05) is 6.92 Å². The van der Waals surface area contributed by atoms with Crippen molar-refractivity contribution in [2.45, 2.75) is 6.92 Å². The van der Waals surface area contributed by atoms with Crippen molar-refractivity contribution < 1.29 is 24.0 Å². The third-order valence-electron chi connectivity index (χ3n) is 0. The van der Waals surface area contributed by atoms with E-state index >= 15 is 0 Å². The quantitative estimate of drug-likeness (QED) is 0.545. The number of carboxylic acids is 1. The van der Waals surface area contributed by atoms with Crippen molar-refractivity contribution in [1.29, 1.82) is 0 Å². The van der Waals surface area contributed by atoms with Gasteiger partial charge in [0.1, 0.15) is 0 Å². The normalized spacial score (nSPS) is 4.30. The molecule has 0 rings (SSSR count). The van der Waals surface area contributed by atoms with Gasteiger partial charge in [-0.2, -0.15) is 0 Å². The predicted octanol–water partition coefficient (Wildman–Crippen LogP) is 0.384. The maximum atomic E-state index is 9.00. The summed E-state index contributed by atoms with van der Waals surface area (Å²) in [4.78, 5) is 9.00. The van der Waals surface area contributed by atoms with Crippen LogP contribution in [-0.2, 0) is 4.79 Å². The van der Waals surface area contributed by atoms with Crippen LogP contribution in [0.15, 0.2) is 0 Å². The third-order valence-corrected chi connectivity index (χ3v) is 0. The number of hydrogen-bond donors (Lipinski definition) is 2. The maximum absolute atomic E-state index is 9.00. The average molecular weight is 165 g/mol. The Hall–Kier alpha value is -0.780. The summed E-state index contributed by atoms with van der Waals surface area (Å²) in [6.45, 7) is 1.08. The molecule has 0 atom stereocenters. The van der Waals surface area contributed by atoms with Gasteiger partial charge in [-0.3, -0.25) is 18.9 Å². The Bertz CT molecular complexity index is 49.8. The van der Waals surface area contributed by atoms with Crippen LogP contribution in [0.5, 0.6) is 0 Å². The Labute approximate surface area is 57.5 Å². The summed E-state index contributed by atoms with van der Waals surface area (Å²) < 4.78 is 0. The molecule has 3 nitrogen and oxygen atoms in total. The van der Waals surface area contributed by atoms with Gasteiger partial charge >= 0.3 is 0 Å². The minimum Gasteiger partial charge on any atom is -0.481 e. The summed E-state index contributed by atoms with van der Waals surface area (Å²) in [6.07, 6.45) is 0. The first-order chi connectivity index (χ1) is 3.15. The van der Waals surface area contributed by atoms with Crippen LogP contribution >= 0.6 is 0 Å². The maximum Gasteiger partial charge on any atom is 0.300 e. The van der Waals surface area contributed by atoms with Crippen molar-refractivity contribution in [3.8, 4) is 0 Å². The van der Waals surface area contributed by atoms with Crippen LogP contribution in [-0.4, -0.2) is 25.2 Å². The molecule has 2 N–H and O–H groups in total. The SMILES string of the molecule is CC(=O)O.CNC.F.F.F. The van der Waals surface area contributed by atoms with Gasteiger partial charge in [-0.25, -0.2) is 0 Å². The fraction of sp³-hybridized carbons (Fsp3) is 0.750. The first kappa shape index (κ1) is 35.0. The molecule has 0 radical (unpaired) electrons. The topological polar surface area (TPSA) is 49.3 Å². The monoisotopic (exact) mass is 165 g/mol. The number of hydrogen-bond acceptors (Lipinski definition) is 2. The lowest BCUT2D eigenvalue weighted by molar-refractivity contribution is -0.134. The van der Waals surface area contributed by atoms with Crippen LogP contribution < -0.4 is 5.32 Å². The minimum atomic E-state index is -0.833. The van der Waals surface area contributed by atoms with Crippen molar-refractivity contribution in [1.82, 2.24) is 5.32 Å². The van der Waals surface area contributed by atoms with Crippen molar-refractivity contribution in [3.63, 3.8) is 0 Å². The molecule has 0 aromatic carbocycles. The van der Waals surface area contributed by atoms with E-state index < -0.39 is 5.97 Å². The number of rotatable bonds is 0. The van der Waals surface area contributed by atoms with E-state index in [-0.39, 0.29) is 14.1 Å². The second kappa shape index (κ2) is 41.3. The molecular formula is C4H14F3NO2. The highest BCUT2D eigenvalue weighted by Gasteiger charge is 1.65.